The maximum absolute atomic E-state index is 5.22. The number of nitrogens with zero attached hydrogens (tertiary/aromatic N) is 2. The van der Waals surface area contributed by atoms with Crippen LogP contribution in [0.1, 0.15) is 25.3 Å². The summed E-state index contributed by atoms with van der Waals surface area (Å²) in [5, 5.41) is 4.74. The number of methoxy groups -OCH3 is 1. The zero-order valence-electron chi connectivity index (χ0n) is 14.2. The normalized spacial score (nSPS) is 24.5. The first-order valence-electron chi connectivity index (χ1n) is 8.48. The highest BCUT2D eigenvalue weighted by molar-refractivity contribution is 8.13. The number of thioether (sulfide) groups is 1. The molecule has 1 aromatic carbocycles. The van der Waals surface area contributed by atoms with Gasteiger partial charge in [0, 0.05) is 12.3 Å². The number of rotatable bonds is 6. The first-order chi connectivity index (χ1) is 11.2. The van der Waals surface area contributed by atoms with E-state index in [4.69, 9.17) is 9.73 Å². The van der Waals surface area contributed by atoms with Crippen molar-refractivity contribution in [2.75, 3.05) is 39.0 Å². The second kappa shape index (κ2) is 7.58. The molecule has 1 aromatic rings. The fourth-order valence-corrected chi connectivity index (χ4v) is 4.25. The predicted octanol–water partition coefficient (Wildman–Crippen LogP) is 2.78. The van der Waals surface area contributed by atoms with Crippen molar-refractivity contribution in [1.29, 1.82) is 0 Å². The quantitative estimate of drug-likeness (QED) is 0.868. The molecule has 1 unspecified atom stereocenters. The summed E-state index contributed by atoms with van der Waals surface area (Å²) in [4.78, 5) is 7.26. The van der Waals surface area contributed by atoms with Crippen LogP contribution in [0.2, 0.25) is 0 Å². The van der Waals surface area contributed by atoms with E-state index in [1.54, 1.807) is 7.11 Å². The molecule has 0 amide bonds. The lowest BCUT2D eigenvalue weighted by molar-refractivity contribution is 0.362. The van der Waals surface area contributed by atoms with E-state index in [1.807, 2.05) is 23.9 Å². The second-order valence-corrected chi connectivity index (χ2v) is 7.81. The Morgan fingerprint density at radius 2 is 2.00 bits per heavy atom. The standard InChI is InChI=1S/C18H27N3OS/c1-18(13-15-5-7-16(22-2)8-6-15)14-19-17(20-18)23-12-11-21-9-3-4-10-21/h5-8H,3-4,9-14H2,1-2H3,(H,19,20). The number of hydrogen-bond acceptors (Lipinski definition) is 5. The Morgan fingerprint density at radius 1 is 1.26 bits per heavy atom. The van der Waals surface area contributed by atoms with E-state index in [-0.39, 0.29) is 5.54 Å². The van der Waals surface area contributed by atoms with Crippen LogP contribution >= 0.6 is 11.8 Å². The van der Waals surface area contributed by atoms with Crippen LogP contribution in [-0.4, -0.2) is 54.6 Å². The highest BCUT2D eigenvalue weighted by Gasteiger charge is 2.30. The fraction of sp³-hybridized carbons (Fsp3) is 0.611. The lowest BCUT2D eigenvalue weighted by Crippen LogP contribution is -2.44. The van der Waals surface area contributed by atoms with E-state index in [1.165, 1.54) is 38.0 Å². The number of ether oxygens (including phenoxy) is 1. The van der Waals surface area contributed by atoms with Gasteiger partial charge in [-0.15, -0.1) is 0 Å². The molecule has 3 rings (SSSR count). The molecule has 126 valence electrons. The smallest absolute Gasteiger partial charge is 0.157 e. The molecular formula is C18H27N3OS. The summed E-state index contributed by atoms with van der Waals surface area (Å²) in [6.45, 7) is 6.84. The van der Waals surface area contributed by atoms with E-state index in [0.29, 0.717) is 0 Å². The van der Waals surface area contributed by atoms with Gasteiger partial charge in [-0.3, -0.25) is 4.99 Å². The van der Waals surface area contributed by atoms with Gasteiger partial charge >= 0.3 is 0 Å². The van der Waals surface area contributed by atoms with Gasteiger partial charge in [0.1, 0.15) is 5.75 Å². The molecule has 0 aromatic heterocycles. The molecule has 1 saturated heterocycles. The molecule has 5 heteroatoms. The largest absolute Gasteiger partial charge is 0.497 e. The van der Waals surface area contributed by atoms with Gasteiger partial charge in [0.15, 0.2) is 5.17 Å². The highest BCUT2D eigenvalue weighted by atomic mass is 32.2. The summed E-state index contributed by atoms with van der Waals surface area (Å²) < 4.78 is 5.22. The van der Waals surface area contributed by atoms with Crippen molar-refractivity contribution >= 4 is 16.9 Å². The molecule has 23 heavy (non-hydrogen) atoms. The molecule has 0 bridgehead atoms. The molecule has 1 N–H and O–H groups in total. The van der Waals surface area contributed by atoms with Crippen molar-refractivity contribution in [2.45, 2.75) is 31.7 Å². The Labute approximate surface area is 143 Å². The number of benzene rings is 1. The van der Waals surface area contributed by atoms with E-state index in [0.717, 1.165) is 29.6 Å². The van der Waals surface area contributed by atoms with Crippen LogP contribution in [0.5, 0.6) is 5.75 Å². The topological polar surface area (TPSA) is 36.9 Å². The minimum Gasteiger partial charge on any atom is -0.497 e. The van der Waals surface area contributed by atoms with Gasteiger partial charge in [0.25, 0.3) is 0 Å². The third-order valence-electron chi connectivity index (χ3n) is 4.58. The van der Waals surface area contributed by atoms with E-state index >= 15 is 0 Å². The van der Waals surface area contributed by atoms with Crippen molar-refractivity contribution < 1.29 is 4.74 Å². The van der Waals surface area contributed by atoms with E-state index in [9.17, 15) is 0 Å². The number of amidine groups is 1. The fourth-order valence-electron chi connectivity index (χ4n) is 3.24. The van der Waals surface area contributed by atoms with Crippen molar-refractivity contribution in [1.82, 2.24) is 10.2 Å². The Kier molecular flexibility index (Phi) is 5.49. The van der Waals surface area contributed by atoms with Crippen molar-refractivity contribution in [3.05, 3.63) is 29.8 Å². The molecule has 0 aliphatic carbocycles. The van der Waals surface area contributed by atoms with Crippen LogP contribution in [0.4, 0.5) is 0 Å². The van der Waals surface area contributed by atoms with E-state index in [2.05, 4.69) is 29.3 Å². The monoisotopic (exact) mass is 333 g/mol. The lowest BCUT2D eigenvalue weighted by atomic mass is 9.94. The molecule has 2 heterocycles. The van der Waals surface area contributed by atoms with Crippen LogP contribution in [0.15, 0.2) is 29.3 Å². The lowest BCUT2D eigenvalue weighted by Gasteiger charge is -2.25. The maximum Gasteiger partial charge on any atom is 0.157 e. The average molecular weight is 334 g/mol. The third-order valence-corrected chi connectivity index (χ3v) is 5.47. The van der Waals surface area contributed by atoms with Gasteiger partial charge in [-0.25, -0.2) is 0 Å². The minimum absolute atomic E-state index is 0.0323. The average Bonchev–Trinajstić information content (AvgIpc) is 3.18. The molecule has 0 saturated carbocycles. The first-order valence-corrected chi connectivity index (χ1v) is 9.46. The van der Waals surface area contributed by atoms with Crippen LogP contribution in [0.25, 0.3) is 0 Å². The molecule has 2 aliphatic rings. The molecule has 2 aliphatic heterocycles. The van der Waals surface area contributed by atoms with Gasteiger partial charge < -0.3 is 15.0 Å². The molecule has 0 radical (unpaired) electrons. The summed E-state index contributed by atoms with van der Waals surface area (Å²) in [6.07, 6.45) is 3.71. The van der Waals surface area contributed by atoms with Crippen LogP contribution in [0, 0.1) is 0 Å². The summed E-state index contributed by atoms with van der Waals surface area (Å²) in [7, 11) is 1.70. The zero-order chi connectivity index (χ0) is 16.1. The number of aliphatic imine (C=N–C) groups is 1. The molecular weight excluding hydrogens is 306 g/mol. The van der Waals surface area contributed by atoms with E-state index < -0.39 is 0 Å². The minimum atomic E-state index is 0.0323. The van der Waals surface area contributed by atoms with Gasteiger partial charge in [-0.2, -0.15) is 0 Å². The third kappa shape index (κ3) is 4.64. The maximum atomic E-state index is 5.22. The van der Waals surface area contributed by atoms with Crippen LogP contribution < -0.4 is 10.1 Å². The Morgan fingerprint density at radius 3 is 2.70 bits per heavy atom. The molecule has 1 fully saturated rings. The van der Waals surface area contributed by atoms with Gasteiger partial charge in [-0.1, -0.05) is 23.9 Å². The van der Waals surface area contributed by atoms with Gasteiger partial charge in [0.05, 0.1) is 19.2 Å². The number of nitrogens with one attached hydrogen (secondary N) is 1. The van der Waals surface area contributed by atoms with Crippen LogP contribution in [0.3, 0.4) is 0 Å². The Hall–Kier alpha value is -1.20. The molecule has 0 spiro atoms. The summed E-state index contributed by atoms with van der Waals surface area (Å²) in [5.74, 6) is 2.04. The highest BCUT2D eigenvalue weighted by Crippen LogP contribution is 2.23. The summed E-state index contributed by atoms with van der Waals surface area (Å²) in [5.41, 5.74) is 1.35. The van der Waals surface area contributed by atoms with Crippen molar-refractivity contribution in [2.24, 2.45) is 4.99 Å². The second-order valence-electron chi connectivity index (χ2n) is 6.73. The van der Waals surface area contributed by atoms with Crippen LogP contribution in [-0.2, 0) is 6.42 Å². The van der Waals surface area contributed by atoms with Gasteiger partial charge in [-0.05, 0) is 57.0 Å². The number of likely N-dealkylation sites (tertiary alicyclic amines) is 1. The first kappa shape index (κ1) is 16.7. The number of hydrogen-bond donors (Lipinski definition) is 1. The Bertz CT molecular complexity index is 540. The predicted molar refractivity (Wildman–Crippen MR) is 98.7 cm³/mol. The SMILES string of the molecule is COc1ccc(CC2(C)CN=C(SCCN3CCCC3)N2)cc1. The van der Waals surface area contributed by atoms with Crippen molar-refractivity contribution in [3.8, 4) is 5.75 Å². The summed E-state index contributed by atoms with van der Waals surface area (Å²) >= 11 is 1.87. The zero-order valence-corrected chi connectivity index (χ0v) is 15.0. The summed E-state index contributed by atoms with van der Waals surface area (Å²) in [6, 6.07) is 8.34. The molecule has 4 nitrogen and oxygen atoms in total. The van der Waals surface area contributed by atoms with Gasteiger partial charge in [0.2, 0.25) is 0 Å². The Balaban J connectivity index is 1.44. The van der Waals surface area contributed by atoms with Crippen molar-refractivity contribution in [3.63, 3.8) is 0 Å². The molecule has 1 atom stereocenters.